The van der Waals surface area contributed by atoms with Crippen LogP contribution in [0.15, 0.2) is 36.5 Å². The van der Waals surface area contributed by atoms with Crippen LogP contribution in [0.3, 0.4) is 0 Å². The van der Waals surface area contributed by atoms with E-state index in [2.05, 4.69) is 9.97 Å². The number of allylic oxidation sites excluding steroid dienone is 2. The molecule has 8 nitrogen and oxygen atoms in total. The van der Waals surface area contributed by atoms with Crippen molar-refractivity contribution in [3.05, 3.63) is 59.4 Å². The molecule has 4 N–H and O–H groups in total. The number of halogens is 1. The molecule has 0 radical (unpaired) electrons. The minimum Gasteiger partial charge on any atom is -0.383 e. The van der Waals surface area contributed by atoms with Gasteiger partial charge in [0.15, 0.2) is 0 Å². The van der Waals surface area contributed by atoms with Crippen molar-refractivity contribution in [3.8, 4) is 0 Å². The molecule has 0 unspecified atom stereocenters. The summed E-state index contributed by atoms with van der Waals surface area (Å²) < 4.78 is 13.2. The smallest absolute Gasteiger partial charge is 0.272 e. The maximum absolute atomic E-state index is 13.4. The van der Waals surface area contributed by atoms with Crippen molar-refractivity contribution >= 4 is 23.1 Å². The number of nitrogens with two attached hydrogens (primary N) is 1. The van der Waals surface area contributed by atoms with Crippen LogP contribution < -0.4 is 5.41 Å². The molecule has 0 saturated carbocycles. The van der Waals surface area contributed by atoms with Gasteiger partial charge in [-0.1, -0.05) is 27.7 Å². The molecule has 1 aliphatic rings. The van der Waals surface area contributed by atoms with E-state index in [1.54, 1.807) is 28.0 Å². The summed E-state index contributed by atoms with van der Waals surface area (Å²) in [6.45, 7) is 12.7. The number of hydrogen-bond acceptors (Lipinski definition) is 4. The van der Waals surface area contributed by atoms with Gasteiger partial charge < -0.3 is 19.9 Å². The molecule has 1 atom stereocenters. The summed E-state index contributed by atoms with van der Waals surface area (Å²) in [7, 11) is 0. The van der Waals surface area contributed by atoms with E-state index in [1.165, 1.54) is 18.3 Å². The molecule has 37 heavy (non-hydrogen) atoms. The topological polar surface area (TPSA) is 115 Å². The highest BCUT2D eigenvalue weighted by Gasteiger charge is 2.40. The van der Waals surface area contributed by atoms with Crippen LogP contribution in [-0.2, 0) is 4.79 Å². The highest BCUT2D eigenvalue weighted by atomic mass is 19.1. The average Bonchev–Trinajstić information content (AvgIpc) is 3.30. The lowest BCUT2D eigenvalue weighted by Crippen LogP contribution is -2.63. The normalized spacial score (nSPS) is 17.0. The average molecular weight is 513 g/mol. The largest absolute Gasteiger partial charge is 0.383 e. The Labute approximate surface area is 218 Å². The predicted octanol–water partition coefficient (Wildman–Crippen LogP) is 2.45. The Morgan fingerprint density at radius 2 is 1.89 bits per heavy atom. The molecular weight excluding hydrogens is 473 g/mol. The van der Waals surface area contributed by atoms with Crippen LogP contribution in [0.5, 0.6) is 0 Å². The number of imidazole rings is 1. The third-order valence-electron chi connectivity index (χ3n) is 6.55. The first-order valence-corrected chi connectivity index (χ1v) is 12.6. The fourth-order valence-electron chi connectivity index (χ4n) is 4.59. The minimum atomic E-state index is -1.06. The Balaban J connectivity index is 1.72. The van der Waals surface area contributed by atoms with Gasteiger partial charge in [0.05, 0.1) is 11.7 Å². The van der Waals surface area contributed by atoms with Gasteiger partial charge in [-0.15, -0.1) is 0 Å². The molecule has 1 aliphatic heterocycles. The number of nitrogens with one attached hydrogen (secondary N) is 1. The van der Waals surface area contributed by atoms with Gasteiger partial charge in [-0.3, -0.25) is 15.0 Å². The molecule has 1 fully saturated rings. The van der Waals surface area contributed by atoms with Crippen LogP contribution in [-0.4, -0.2) is 73.7 Å². The van der Waals surface area contributed by atoms with E-state index in [9.17, 15) is 19.1 Å². The van der Waals surface area contributed by atoms with Crippen molar-refractivity contribution in [1.82, 2.24) is 19.8 Å². The molecule has 2 heterocycles. The van der Waals surface area contributed by atoms with Gasteiger partial charge in [-0.25, -0.2) is 9.37 Å². The lowest BCUT2D eigenvalue weighted by Gasteiger charge is -2.47. The number of nitrogens with zero attached hydrogens (tertiary/aromatic N) is 3. The van der Waals surface area contributed by atoms with E-state index in [0.29, 0.717) is 55.3 Å². The van der Waals surface area contributed by atoms with E-state index in [4.69, 9.17) is 5.41 Å². The van der Waals surface area contributed by atoms with Crippen molar-refractivity contribution < 1.29 is 24.5 Å². The van der Waals surface area contributed by atoms with Crippen molar-refractivity contribution in [3.63, 3.8) is 0 Å². The number of benzene rings is 1. The number of hydrogen-bond donors (Lipinski definition) is 3. The quantitative estimate of drug-likeness (QED) is 0.494. The molecule has 0 bridgehead atoms. The Hall–Kier alpha value is -3.33. The maximum atomic E-state index is 13.4. The summed E-state index contributed by atoms with van der Waals surface area (Å²) in [6, 6.07) is 5.93. The molecule has 9 heteroatoms. The first-order valence-electron chi connectivity index (χ1n) is 12.6. The Kier molecular flexibility index (Phi) is 8.37. The Morgan fingerprint density at radius 1 is 1.24 bits per heavy atom. The highest BCUT2D eigenvalue weighted by molar-refractivity contribution is 6.08. The molecule has 2 aromatic rings. The van der Waals surface area contributed by atoms with E-state index >= 15 is 0 Å². The molecule has 0 aliphatic carbocycles. The van der Waals surface area contributed by atoms with Gasteiger partial charge in [0.1, 0.15) is 23.4 Å². The van der Waals surface area contributed by atoms with Gasteiger partial charge in [0, 0.05) is 36.8 Å². The molecule has 1 saturated heterocycles. The maximum Gasteiger partial charge on any atom is 0.272 e. The van der Waals surface area contributed by atoms with E-state index in [1.807, 2.05) is 41.5 Å². The third-order valence-corrected chi connectivity index (χ3v) is 6.55. The van der Waals surface area contributed by atoms with Gasteiger partial charge in [0.25, 0.3) is 11.8 Å². The molecule has 1 aromatic carbocycles. The second kappa shape index (κ2) is 11.0. The molecule has 1 aromatic heterocycles. The van der Waals surface area contributed by atoms with Gasteiger partial charge in [0.2, 0.25) is 5.71 Å². The zero-order valence-electron chi connectivity index (χ0n) is 22.6. The van der Waals surface area contributed by atoms with Crippen LogP contribution >= 0.6 is 0 Å². The number of carbonyl (C=O) groups excluding carboxylic acids is 2. The summed E-state index contributed by atoms with van der Waals surface area (Å²) in [5.41, 5.74) is 1.50. The summed E-state index contributed by atoms with van der Waals surface area (Å²) in [4.78, 5) is 37.2. The molecule has 2 amide bonds. The molecule has 200 valence electrons. The van der Waals surface area contributed by atoms with Crippen LogP contribution in [0.4, 0.5) is 4.39 Å². The fourth-order valence-corrected chi connectivity index (χ4v) is 4.59. The van der Waals surface area contributed by atoms with Crippen LogP contribution in [0, 0.1) is 11.2 Å². The Morgan fingerprint density at radius 3 is 2.46 bits per heavy atom. The number of rotatable bonds is 7. The zero-order chi connectivity index (χ0) is 27.5. The number of piperazine rings is 1. The molecule has 3 rings (SSSR count). The summed E-state index contributed by atoms with van der Waals surface area (Å²) in [6.07, 6.45) is 3.21. The van der Waals surface area contributed by atoms with E-state index in [0.717, 1.165) is 5.57 Å². The van der Waals surface area contributed by atoms with Gasteiger partial charge in [-0.2, -0.15) is 0 Å². The second-order valence-corrected chi connectivity index (χ2v) is 11.4. The third kappa shape index (κ3) is 6.91. The summed E-state index contributed by atoms with van der Waals surface area (Å²) in [5, 5.41) is 16.7. The van der Waals surface area contributed by atoms with Crippen LogP contribution in [0.25, 0.3) is 5.57 Å². The van der Waals surface area contributed by atoms with Crippen molar-refractivity contribution in [2.45, 2.75) is 66.0 Å². The Bertz CT molecular complexity index is 1180. The van der Waals surface area contributed by atoms with E-state index < -0.39 is 11.6 Å². The second-order valence-electron chi connectivity index (χ2n) is 11.4. The number of amides is 2. The first-order chi connectivity index (χ1) is 17.2. The monoisotopic (exact) mass is 512 g/mol. The zero-order valence-corrected chi connectivity index (χ0v) is 22.6. The standard InChI is InChI=1S/C28H38FN5O3/c1-7-18(14-21(30)19-8-10-20(29)11-9-19)24-31-16-22(32-24)25(36)34-13-12-33(17-28(34,5)6)26(37)23(35)15-27(2,3)4/h8-11,14,16,23,30,35H,7,12-13,15,17H2,1-6H3,(H,31,32)/p+1/b18-14-,30-21?/t23-/m1/s1. The number of aromatic nitrogens is 2. The SMILES string of the molecule is CC/C(=C/C(=[NH2+])c1ccc(F)cc1)c1ncc(C(=O)N2CCN(C(=O)[C@H](O)CC(C)(C)C)CC2(C)C)[nH]1. The molecule has 0 spiro atoms. The predicted molar refractivity (Wildman–Crippen MR) is 141 cm³/mol. The van der Waals surface area contributed by atoms with Crippen molar-refractivity contribution in [2.24, 2.45) is 5.41 Å². The van der Waals surface area contributed by atoms with Gasteiger partial charge in [-0.05, 0) is 56.4 Å². The first kappa shape index (κ1) is 28.2. The van der Waals surface area contributed by atoms with Gasteiger partial charge >= 0.3 is 0 Å². The minimum absolute atomic E-state index is 0.173. The van der Waals surface area contributed by atoms with E-state index in [-0.39, 0.29) is 23.0 Å². The van der Waals surface area contributed by atoms with Crippen molar-refractivity contribution in [1.29, 1.82) is 0 Å². The number of H-pyrrole nitrogens is 1. The lowest BCUT2D eigenvalue weighted by atomic mass is 9.88. The lowest BCUT2D eigenvalue weighted by molar-refractivity contribution is -0.145. The number of aliphatic hydroxyl groups is 1. The fraction of sp³-hybridized carbons (Fsp3) is 0.500. The highest BCUT2D eigenvalue weighted by Crippen LogP contribution is 2.27. The van der Waals surface area contributed by atoms with Crippen LogP contribution in [0.1, 0.15) is 76.3 Å². The van der Waals surface area contributed by atoms with Crippen LogP contribution in [0.2, 0.25) is 0 Å². The van der Waals surface area contributed by atoms with Crippen molar-refractivity contribution in [2.75, 3.05) is 19.6 Å². The number of aromatic amines is 1. The summed E-state index contributed by atoms with van der Waals surface area (Å²) >= 11 is 0. The summed E-state index contributed by atoms with van der Waals surface area (Å²) in [5.74, 6) is -0.309. The number of carbonyl (C=O) groups is 2. The molecular formula is C28H39FN5O3+. The number of aliphatic hydroxyl groups excluding tert-OH is 1.